The molecular formula is C19H18FN3O2S2. The van der Waals surface area contributed by atoms with Crippen molar-refractivity contribution in [2.24, 2.45) is 7.05 Å². The van der Waals surface area contributed by atoms with Crippen LogP contribution in [0.1, 0.15) is 22.4 Å². The van der Waals surface area contributed by atoms with Crippen LogP contribution in [-0.4, -0.2) is 21.2 Å². The van der Waals surface area contributed by atoms with E-state index in [2.05, 4.69) is 10.3 Å². The molecule has 0 fully saturated rings. The van der Waals surface area contributed by atoms with Crippen LogP contribution in [0.4, 0.5) is 4.39 Å². The van der Waals surface area contributed by atoms with Gasteiger partial charge in [0.1, 0.15) is 10.6 Å². The number of nitrogens with zero attached hydrogens (tertiary/aromatic N) is 2. The highest BCUT2D eigenvalue weighted by Gasteiger charge is 2.22. The summed E-state index contributed by atoms with van der Waals surface area (Å²) >= 11 is 2.80. The molecule has 2 aromatic heterocycles. The first-order valence-corrected chi connectivity index (χ1v) is 10.5. The van der Waals surface area contributed by atoms with E-state index in [-0.39, 0.29) is 29.6 Å². The van der Waals surface area contributed by atoms with Crippen molar-refractivity contribution in [3.05, 3.63) is 56.4 Å². The fourth-order valence-electron chi connectivity index (χ4n) is 3.25. The zero-order chi connectivity index (χ0) is 19.0. The molecule has 0 unspecified atom stereocenters. The Hall–Kier alpha value is -2.19. The summed E-state index contributed by atoms with van der Waals surface area (Å²) in [5, 5.41) is 3.96. The van der Waals surface area contributed by atoms with Gasteiger partial charge in [0, 0.05) is 24.0 Å². The number of halogens is 1. The Balaban J connectivity index is 1.46. The zero-order valence-corrected chi connectivity index (χ0v) is 16.4. The van der Waals surface area contributed by atoms with Gasteiger partial charge in [0.15, 0.2) is 5.16 Å². The summed E-state index contributed by atoms with van der Waals surface area (Å²) in [5.41, 5.74) is 1.55. The number of fused-ring (bicyclic) bond motifs is 3. The summed E-state index contributed by atoms with van der Waals surface area (Å²) in [6.45, 7) is 0.134. The van der Waals surface area contributed by atoms with Crippen molar-refractivity contribution in [3.63, 3.8) is 0 Å². The van der Waals surface area contributed by atoms with Gasteiger partial charge in [0.25, 0.3) is 5.56 Å². The SMILES string of the molecule is Cn1c(SCC(=O)NCc2ccccc2F)nc2sc3c(c2c1=O)CCC3. The third kappa shape index (κ3) is 3.51. The molecule has 0 spiro atoms. The molecule has 1 amide bonds. The van der Waals surface area contributed by atoms with Gasteiger partial charge in [-0.2, -0.15) is 0 Å². The molecule has 5 nitrogen and oxygen atoms in total. The summed E-state index contributed by atoms with van der Waals surface area (Å²) in [4.78, 5) is 31.5. The Bertz CT molecular complexity index is 1090. The maximum atomic E-state index is 13.6. The molecule has 1 aromatic carbocycles. The Morgan fingerprint density at radius 2 is 2.19 bits per heavy atom. The fourth-order valence-corrected chi connectivity index (χ4v) is 5.36. The Morgan fingerprint density at radius 3 is 3.00 bits per heavy atom. The van der Waals surface area contributed by atoms with Crippen molar-refractivity contribution in [1.82, 2.24) is 14.9 Å². The number of thiophene rings is 1. The number of rotatable bonds is 5. The number of hydrogen-bond donors (Lipinski definition) is 1. The molecule has 0 radical (unpaired) electrons. The lowest BCUT2D eigenvalue weighted by molar-refractivity contribution is -0.118. The first-order valence-electron chi connectivity index (χ1n) is 8.69. The first-order chi connectivity index (χ1) is 13.0. The zero-order valence-electron chi connectivity index (χ0n) is 14.8. The molecule has 0 saturated carbocycles. The van der Waals surface area contributed by atoms with Crippen LogP contribution in [0.3, 0.4) is 0 Å². The van der Waals surface area contributed by atoms with Gasteiger partial charge in [-0.05, 0) is 30.9 Å². The third-order valence-corrected chi connectivity index (χ3v) is 6.89. The predicted octanol–water partition coefficient (Wildman–Crippen LogP) is 3.03. The van der Waals surface area contributed by atoms with Gasteiger partial charge in [-0.25, -0.2) is 9.37 Å². The van der Waals surface area contributed by atoms with Crippen LogP contribution in [0.15, 0.2) is 34.2 Å². The van der Waals surface area contributed by atoms with Crippen molar-refractivity contribution in [2.75, 3.05) is 5.75 Å². The van der Waals surface area contributed by atoms with Crippen molar-refractivity contribution < 1.29 is 9.18 Å². The highest BCUT2D eigenvalue weighted by Crippen LogP contribution is 2.35. The first kappa shape index (κ1) is 18.2. The highest BCUT2D eigenvalue weighted by molar-refractivity contribution is 7.99. The number of aromatic nitrogens is 2. The highest BCUT2D eigenvalue weighted by atomic mass is 32.2. The Labute approximate surface area is 163 Å². The van der Waals surface area contributed by atoms with E-state index in [1.54, 1.807) is 36.6 Å². The third-order valence-electron chi connectivity index (χ3n) is 4.67. The van der Waals surface area contributed by atoms with E-state index in [0.29, 0.717) is 10.7 Å². The second-order valence-corrected chi connectivity index (χ2v) is 8.48. The molecule has 1 aliphatic carbocycles. The van der Waals surface area contributed by atoms with Crippen molar-refractivity contribution in [1.29, 1.82) is 0 Å². The predicted molar refractivity (Wildman–Crippen MR) is 106 cm³/mol. The lowest BCUT2D eigenvalue weighted by atomic mass is 10.2. The number of carbonyl (C=O) groups excluding carboxylic acids is 1. The summed E-state index contributed by atoms with van der Waals surface area (Å²) in [7, 11) is 1.69. The lowest BCUT2D eigenvalue weighted by Crippen LogP contribution is -2.26. The summed E-state index contributed by atoms with van der Waals surface area (Å²) in [5.74, 6) is -0.456. The van der Waals surface area contributed by atoms with Gasteiger partial charge in [-0.15, -0.1) is 11.3 Å². The summed E-state index contributed by atoms with van der Waals surface area (Å²) < 4.78 is 15.1. The van der Waals surface area contributed by atoms with Crippen molar-refractivity contribution >= 4 is 39.2 Å². The minimum Gasteiger partial charge on any atom is -0.351 e. The Morgan fingerprint density at radius 1 is 1.37 bits per heavy atom. The number of aryl methyl sites for hydroxylation is 2. The molecular weight excluding hydrogens is 385 g/mol. The normalized spacial score (nSPS) is 13.1. The molecule has 140 valence electrons. The number of thioether (sulfide) groups is 1. The van der Waals surface area contributed by atoms with Gasteiger partial charge in [-0.1, -0.05) is 30.0 Å². The van der Waals surface area contributed by atoms with E-state index in [9.17, 15) is 14.0 Å². The van der Waals surface area contributed by atoms with Gasteiger partial charge in [0.2, 0.25) is 5.91 Å². The topological polar surface area (TPSA) is 64.0 Å². The molecule has 27 heavy (non-hydrogen) atoms. The molecule has 8 heteroatoms. The Kier molecular flexibility index (Phi) is 5.01. The number of carbonyl (C=O) groups is 1. The maximum absolute atomic E-state index is 13.6. The average molecular weight is 404 g/mol. The fraction of sp³-hybridized carbons (Fsp3) is 0.316. The van der Waals surface area contributed by atoms with E-state index < -0.39 is 0 Å². The standard InChI is InChI=1S/C19H18FN3O2S2/c1-23-18(25)16-12-6-4-8-14(12)27-17(16)22-19(23)26-10-15(24)21-9-11-5-2-3-7-13(11)20/h2-3,5,7H,4,6,8-10H2,1H3,(H,21,24). The molecule has 1 aliphatic rings. The minimum atomic E-state index is -0.342. The minimum absolute atomic E-state index is 0.0475. The van der Waals surface area contributed by atoms with Crippen LogP contribution in [-0.2, 0) is 31.2 Å². The van der Waals surface area contributed by atoms with E-state index in [1.807, 2.05) is 0 Å². The van der Waals surface area contributed by atoms with Crippen LogP contribution in [0, 0.1) is 5.82 Å². The van der Waals surface area contributed by atoms with E-state index in [0.717, 1.165) is 35.0 Å². The van der Waals surface area contributed by atoms with Gasteiger partial charge in [-0.3, -0.25) is 14.2 Å². The number of amides is 1. The average Bonchev–Trinajstić information content (AvgIpc) is 3.23. The van der Waals surface area contributed by atoms with Gasteiger partial charge < -0.3 is 5.32 Å². The molecule has 1 N–H and O–H groups in total. The van der Waals surface area contributed by atoms with Crippen LogP contribution < -0.4 is 10.9 Å². The summed E-state index contributed by atoms with van der Waals surface area (Å²) in [6, 6.07) is 6.34. The largest absolute Gasteiger partial charge is 0.351 e. The van der Waals surface area contributed by atoms with Crippen LogP contribution in [0.2, 0.25) is 0 Å². The molecule has 0 saturated heterocycles. The van der Waals surface area contributed by atoms with Crippen LogP contribution >= 0.6 is 23.1 Å². The van der Waals surface area contributed by atoms with Crippen LogP contribution in [0.25, 0.3) is 10.2 Å². The quantitative estimate of drug-likeness (QED) is 0.525. The molecule has 3 aromatic rings. The monoisotopic (exact) mass is 403 g/mol. The number of nitrogens with one attached hydrogen (secondary N) is 1. The maximum Gasteiger partial charge on any atom is 0.262 e. The van der Waals surface area contributed by atoms with E-state index in [4.69, 9.17) is 0 Å². The van der Waals surface area contributed by atoms with E-state index >= 15 is 0 Å². The second-order valence-electron chi connectivity index (χ2n) is 6.45. The molecule has 4 rings (SSSR count). The second kappa shape index (κ2) is 7.44. The summed E-state index contributed by atoms with van der Waals surface area (Å²) in [6.07, 6.45) is 3.05. The molecule has 0 atom stereocenters. The van der Waals surface area contributed by atoms with Gasteiger partial charge in [0.05, 0.1) is 11.1 Å². The van der Waals surface area contributed by atoms with E-state index in [1.165, 1.54) is 27.3 Å². The lowest BCUT2D eigenvalue weighted by Gasteiger charge is -2.08. The smallest absolute Gasteiger partial charge is 0.262 e. The molecule has 0 bridgehead atoms. The molecule has 0 aliphatic heterocycles. The van der Waals surface area contributed by atoms with Crippen LogP contribution in [0.5, 0.6) is 0 Å². The molecule has 2 heterocycles. The van der Waals surface area contributed by atoms with Crippen molar-refractivity contribution in [3.8, 4) is 0 Å². The van der Waals surface area contributed by atoms with Crippen molar-refractivity contribution in [2.45, 2.75) is 31.0 Å². The number of hydrogen-bond acceptors (Lipinski definition) is 5. The van der Waals surface area contributed by atoms with Gasteiger partial charge >= 0.3 is 0 Å². The number of benzene rings is 1.